The van der Waals surface area contributed by atoms with Crippen LogP contribution < -0.4 is 0 Å². The van der Waals surface area contributed by atoms with E-state index in [4.69, 9.17) is 11.6 Å². The molecule has 0 amide bonds. The van der Waals surface area contributed by atoms with Crippen molar-refractivity contribution in [1.29, 1.82) is 0 Å². The zero-order chi connectivity index (χ0) is 8.65. The molecule has 0 aromatic carbocycles. The van der Waals surface area contributed by atoms with Crippen LogP contribution in [0.2, 0.25) is 5.02 Å². The smallest absolute Gasteiger partial charge is 0.0815 e. The van der Waals surface area contributed by atoms with Crippen LogP contribution >= 0.6 is 11.6 Å². The summed E-state index contributed by atoms with van der Waals surface area (Å²) in [5.74, 6) is 0. The Bertz CT molecular complexity index is 238. The van der Waals surface area contributed by atoms with Gasteiger partial charge in [-0.15, -0.1) is 0 Å². The van der Waals surface area contributed by atoms with Crippen LogP contribution in [0, 0.1) is 6.92 Å². The van der Waals surface area contributed by atoms with E-state index in [9.17, 15) is 0 Å². The van der Waals surface area contributed by atoms with E-state index >= 15 is 0 Å². The van der Waals surface area contributed by atoms with Crippen molar-refractivity contribution in [2.75, 3.05) is 0 Å². The highest BCUT2D eigenvalue weighted by Gasteiger charge is 2.14. The molecule has 0 unspecified atom stereocenters. The van der Waals surface area contributed by atoms with Gasteiger partial charge in [0.2, 0.25) is 0 Å². The second-order valence-electron chi connectivity index (χ2n) is 3.68. The van der Waals surface area contributed by atoms with Crippen LogP contribution in [0.25, 0.3) is 0 Å². The average Bonchev–Trinajstić information content (AvgIpc) is 2.11. The van der Waals surface area contributed by atoms with E-state index in [1.807, 2.05) is 17.8 Å². The Morgan fingerprint density at radius 2 is 2.00 bits per heavy atom. The molecule has 0 bridgehead atoms. The number of hydrogen-bond acceptors (Lipinski definition) is 1. The summed E-state index contributed by atoms with van der Waals surface area (Å²) in [6.45, 7) is 8.19. The standard InChI is InChI=1S/C8H13ClN2/c1-6-7(9)5-11(10-6)8(2,3)4/h5H,1-4H3. The maximum atomic E-state index is 5.85. The molecule has 3 heteroatoms. The van der Waals surface area contributed by atoms with Gasteiger partial charge in [-0.3, -0.25) is 4.68 Å². The van der Waals surface area contributed by atoms with Crippen LogP contribution in [0.5, 0.6) is 0 Å². The Labute approximate surface area is 72.2 Å². The molecule has 2 nitrogen and oxygen atoms in total. The van der Waals surface area contributed by atoms with E-state index in [1.54, 1.807) is 0 Å². The van der Waals surface area contributed by atoms with Gasteiger partial charge in [-0.1, -0.05) is 11.6 Å². The van der Waals surface area contributed by atoms with Gasteiger partial charge in [0.1, 0.15) is 0 Å². The Kier molecular flexibility index (Phi) is 1.97. The predicted molar refractivity (Wildman–Crippen MR) is 47.0 cm³/mol. The molecular weight excluding hydrogens is 160 g/mol. The van der Waals surface area contributed by atoms with E-state index in [0.717, 1.165) is 10.7 Å². The van der Waals surface area contributed by atoms with Gasteiger partial charge >= 0.3 is 0 Å². The summed E-state index contributed by atoms with van der Waals surface area (Å²) in [5.41, 5.74) is 0.916. The minimum atomic E-state index is 0.0257. The first kappa shape index (κ1) is 8.60. The molecule has 11 heavy (non-hydrogen) atoms. The fraction of sp³-hybridized carbons (Fsp3) is 0.625. The minimum Gasteiger partial charge on any atom is -0.266 e. The van der Waals surface area contributed by atoms with E-state index < -0.39 is 0 Å². The number of rotatable bonds is 0. The lowest BCUT2D eigenvalue weighted by atomic mass is 10.1. The molecule has 1 aromatic heterocycles. The number of hydrogen-bond donors (Lipinski definition) is 0. The molecule has 0 fully saturated rings. The van der Waals surface area contributed by atoms with Crippen LogP contribution in [0.1, 0.15) is 26.5 Å². The molecule has 0 atom stereocenters. The van der Waals surface area contributed by atoms with E-state index in [-0.39, 0.29) is 5.54 Å². The lowest BCUT2D eigenvalue weighted by molar-refractivity contribution is 0.354. The zero-order valence-electron chi connectivity index (χ0n) is 7.35. The lowest BCUT2D eigenvalue weighted by Gasteiger charge is -2.18. The van der Waals surface area contributed by atoms with Gasteiger partial charge in [-0.05, 0) is 27.7 Å². The third-order valence-electron chi connectivity index (χ3n) is 1.53. The van der Waals surface area contributed by atoms with Crippen molar-refractivity contribution in [3.05, 3.63) is 16.9 Å². The zero-order valence-corrected chi connectivity index (χ0v) is 8.11. The Hall–Kier alpha value is -0.500. The number of halogens is 1. The molecule has 0 aliphatic heterocycles. The molecule has 1 rings (SSSR count). The summed E-state index contributed by atoms with van der Waals surface area (Å²) < 4.78 is 1.88. The van der Waals surface area contributed by atoms with Crippen LogP contribution in [0.4, 0.5) is 0 Å². The highest BCUT2D eigenvalue weighted by molar-refractivity contribution is 6.31. The third kappa shape index (κ3) is 1.74. The molecule has 1 aromatic rings. The molecule has 0 saturated carbocycles. The molecule has 0 N–H and O–H groups in total. The third-order valence-corrected chi connectivity index (χ3v) is 1.90. The number of aryl methyl sites for hydroxylation is 1. The topological polar surface area (TPSA) is 17.8 Å². The first-order valence-electron chi connectivity index (χ1n) is 3.63. The highest BCUT2D eigenvalue weighted by atomic mass is 35.5. The Balaban J connectivity index is 3.08. The summed E-state index contributed by atoms with van der Waals surface area (Å²) in [5, 5.41) is 5.00. The fourth-order valence-electron chi connectivity index (χ4n) is 0.783. The maximum Gasteiger partial charge on any atom is 0.0815 e. The maximum absolute atomic E-state index is 5.85. The van der Waals surface area contributed by atoms with Crippen molar-refractivity contribution in [3.8, 4) is 0 Å². The Morgan fingerprint density at radius 3 is 2.18 bits per heavy atom. The molecule has 0 radical (unpaired) electrons. The van der Waals surface area contributed by atoms with Gasteiger partial charge in [-0.25, -0.2) is 0 Å². The largest absolute Gasteiger partial charge is 0.266 e. The first-order chi connectivity index (χ1) is 4.91. The number of nitrogens with zero attached hydrogens (tertiary/aromatic N) is 2. The first-order valence-corrected chi connectivity index (χ1v) is 4.01. The Morgan fingerprint density at radius 1 is 1.45 bits per heavy atom. The van der Waals surface area contributed by atoms with Gasteiger partial charge in [0.25, 0.3) is 0 Å². The quantitative estimate of drug-likeness (QED) is 0.588. The van der Waals surface area contributed by atoms with Crippen LogP contribution in [-0.4, -0.2) is 9.78 Å². The molecule has 1 heterocycles. The van der Waals surface area contributed by atoms with Crippen molar-refractivity contribution >= 4 is 11.6 Å². The van der Waals surface area contributed by atoms with Crippen molar-refractivity contribution in [2.24, 2.45) is 0 Å². The van der Waals surface area contributed by atoms with E-state index in [0.29, 0.717) is 0 Å². The van der Waals surface area contributed by atoms with Crippen LogP contribution in [0.3, 0.4) is 0 Å². The van der Waals surface area contributed by atoms with Gasteiger partial charge < -0.3 is 0 Å². The van der Waals surface area contributed by atoms with E-state index in [2.05, 4.69) is 25.9 Å². The van der Waals surface area contributed by atoms with Crippen molar-refractivity contribution in [1.82, 2.24) is 9.78 Å². The van der Waals surface area contributed by atoms with Gasteiger partial charge in [0.05, 0.1) is 16.3 Å². The lowest BCUT2D eigenvalue weighted by Crippen LogP contribution is -2.22. The SMILES string of the molecule is Cc1nn(C(C)(C)C)cc1Cl. The van der Waals surface area contributed by atoms with Gasteiger partial charge in [0, 0.05) is 6.20 Å². The van der Waals surface area contributed by atoms with Crippen LogP contribution in [0.15, 0.2) is 6.20 Å². The molecule has 62 valence electrons. The summed E-state index contributed by atoms with van der Waals surface area (Å²) in [7, 11) is 0. The second kappa shape index (κ2) is 2.52. The number of aromatic nitrogens is 2. The summed E-state index contributed by atoms with van der Waals surface area (Å²) >= 11 is 5.85. The minimum absolute atomic E-state index is 0.0257. The molecule has 0 aliphatic carbocycles. The second-order valence-corrected chi connectivity index (χ2v) is 4.09. The monoisotopic (exact) mass is 172 g/mol. The predicted octanol–water partition coefficient (Wildman–Crippen LogP) is 2.60. The average molecular weight is 173 g/mol. The van der Waals surface area contributed by atoms with Crippen molar-refractivity contribution in [3.63, 3.8) is 0 Å². The molecule has 0 saturated heterocycles. The van der Waals surface area contributed by atoms with Crippen LogP contribution in [-0.2, 0) is 5.54 Å². The van der Waals surface area contributed by atoms with E-state index in [1.165, 1.54) is 0 Å². The van der Waals surface area contributed by atoms with Gasteiger partial charge in [0.15, 0.2) is 0 Å². The molecular formula is C8H13ClN2. The summed E-state index contributed by atoms with van der Waals surface area (Å²) in [4.78, 5) is 0. The molecule has 0 aliphatic rings. The summed E-state index contributed by atoms with van der Waals surface area (Å²) in [6, 6.07) is 0. The van der Waals surface area contributed by atoms with Crippen molar-refractivity contribution in [2.45, 2.75) is 33.2 Å². The highest BCUT2D eigenvalue weighted by Crippen LogP contribution is 2.18. The fourth-order valence-corrected chi connectivity index (χ4v) is 0.913. The summed E-state index contributed by atoms with van der Waals surface area (Å²) in [6.07, 6.45) is 1.86. The van der Waals surface area contributed by atoms with Gasteiger partial charge in [-0.2, -0.15) is 5.10 Å². The van der Waals surface area contributed by atoms with Crippen molar-refractivity contribution < 1.29 is 0 Å². The normalized spacial score (nSPS) is 12.1. The molecule has 0 spiro atoms.